The van der Waals surface area contributed by atoms with Gasteiger partial charge < -0.3 is 10.2 Å². The number of nitrogens with zero attached hydrogens (tertiary/aromatic N) is 1. The third kappa shape index (κ3) is 1.50. The number of rotatable bonds is 2. The molecule has 4 nitrogen and oxygen atoms in total. The first-order valence-corrected chi connectivity index (χ1v) is 7.33. The number of piperazine rings is 1. The summed E-state index contributed by atoms with van der Waals surface area (Å²) in [6, 6.07) is 0.225. The predicted molar refractivity (Wildman–Crippen MR) is 65.6 cm³/mol. The van der Waals surface area contributed by atoms with Crippen LogP contribution < -0.4 is 5.32 Å². The van der Waals surface area contributed by atoms with Crippen LogP contribution >= 0.6 is 0 Å². The van der Waals surface area contributed by atoms with Gasteiger partial charge in [0.05, 0.1) is 6.54 Å². The van der Waals surface area contributed by atoms with Crippen LogP contribution in [0.4, 0.5) is 0 Å². The van der Waals surface area contributed by atoms with Gasteiger partial charge >= 0.3 is 0 Å². The van der Waals surface area contributed by atoms with E-state index in [9.17, 15) is 9.59 Å². The fourth-order valence-corrected chi connectivity index (χ4v) is 4.44. The molecule has 1 heterocycles. The van der Waals surface area contributed by atoms with E-state index in [1.165, 1.54) is 19.3 Å². The van der Waals surface area contributed by atoms with E-state index in [0.717, 1.165) is 25.2 Å². The van der Waals surface area contributed by atoms with Crippen LogP contribution in [0.1, 0.15) is 38.5 Å². The van der Waals surface area contributed by atoms with E-state index in [-0.39, 0.29) is 24.4 Å². The second kappa shape index (κ2) is 3.72. The molecule has 4 unspecified atom stereocenters. The zero-order valence-electron chi connectivity index (χ0n) is 10.6. The first-order valence-electron chi connectivity index (χ1n) is 7.33. The van der Waals surface area contributed by atoms with Gasteiger partial charge in [-0.1, -0.05) is 6.42 Å². The fraction of sp³-hybridized carbons (Fsp3) is 0.857. The van der Waals surface area contributed by atoms with Crippen molar-refractivity contribution < 1.29 is 9.59 Å². The zero-order valence-corrected chi connectivity index (χ0v) is 10.6. The van der Waals surface area contributed by atoms with Gasteiger partial charge in [-0.3, -0.25) is 9.59 Å². The second-order valence-electron chi connectivity index (χ2n) is 6.54. The van der Waals surface area contributed by atoms with E-state index in [1.54, 1.807) is 0 Å². The lowest BCUT2D eigenvalue weighted by molar-refractivity contribution is -0.150. The van der Waals surface area contributed by atoms with Crippen molar-refractivity contribution in [3.8, 4) is 0 Å². The number of carbonyl (C=O) groups is 2. The highest BCUT2D eigenvalue weighted by Crippen LogP contribution is 2.49. The number of amides is 2. The minimum atomic E-state index is -0.143. The van der Waals surface area contributed by atoms with Crippen LogP contribution in [0.15, 0.2) is 0 Å². The lowest BCUT2D eigenvalue weighted by atomic mass is 9.91. The molecule has 1 N–H and O–H groups in total. The SMILES string of the molecule is O=C1NCC(=O)N(C2CC3CCC2C3)C1C1CC1. The Bertz CT molecular complexity index is 405. The quantitative estimate of drug-likeness (QED) is 0.789. The molecular weight excluding hydrogens is 228 g/mol. The molecule has 0 aromatic heterocycles. The molecule has 0 aromatic carbocycles. The Hall–Kier alpha value is -1.06. The van der Waals surface area contributed by atoms with Crippen LogP contribution in [0.2, 0.25) is 0 Å². The average molecular weight is 248 g/mol. The lowest BCUT2D eigenvalue weighted by Crippen LogP contribution is -2.63. The molecule has 98 valence electrons. The Kier molecular flexibility index (Phi) is 2.24. The normalized spacial score (nSPS) is 43.4. The molecule has 1 saturated heterocycles. The topological polar surface area (TPSA) is 49.4 Å². The zero-order chi connectivity index (χ0) is 12.3. The van der Waals surface area contributed by atoms with Crippen LogP contribution in [0, 0.1) is 17.8 Å². The fourth-order valence-electron chi connectivity index (χ4n) is 4.44. The Morgan fingerprint density at radius 3 is 2.39 bits per heavy atom. The molecule has 4 rings (SSSR count). The Morgan fingerprint density at radius 1 is 1.00 bits per heavy atom. The Balaban J connectivity index is 1.62. The van der Waals surface area contributed by atoms with Gasteiger partial charge in [0, 0.05) is 6.04 Å². The summed E-state index contributed by atoms with van der Waals surface area (Å²) in [5.41, 5.74) is 0. The summed E-state index contributed by atoms with van der Waals surface area (Å²) >= 11 is 0. The third-order valence-corrected chi connectivity index (χ3v) is 5.40. The summed E-state index contributed by atoms with van der Waals surface area (Å²) in [6.45, 7) is 0.218. The highest BCUT2D eigenvalue weighted by Gasteiger charge is 2.52. The highest BCUT2D eigenvalue weighted by atomic mass is 16.2. The molecule has 0 aromatic rings. The molecule has 3 saturated carbocycles. The minimum Gasteiger partial charge on any atom is -0.345 e. The molecule has 0 spiro atoms. The van der Waals surface area contributed by atoms with Gasteiger partial charge in [0.15, 0.2) is 0 Å². The third-order valence-electron chi connectivity index (χ3n) is 5.40. The van der Waals surface area contributed by atoms with E-state index in [2.05, 4.69) is 5.32 Å². The minimum absolute atomic E-state index is 0.0971. The number of nitrogens with one attached hydrogen (secondary N) is 1. The van der Waals surface area contributed by atoms with E-state index < -0.39 is 0 Å². The van der Waals surface area contributed by atoms with Crippen molar-refractivity contribution in [1.82, 2.24) is 10.2 Å². The largest absolute Gasteiger partial charge is 0.345 e. The number of carbonyl (C=O) groups excluding carboxylic acids is 2. The van der Waals surface area contributed by atoms with Crippen molar-refractivity contribution in [3.05, 3.63) is 0 Å². The summed E-state index contributed by atoms with van der Waals surface area (Å²) in [5.74, 6) is 2.18. The summed E-state index contributed by atoms with van der Waals surface area (Å²) in [6.07, 6.45) is 7.26. The molecule has 18 heavy (non-hydrogen) atoms. The van der Waals surface area contributed by atoms with E-state index in [0.29, 0.717) is 17.9 Å². The van der Waals surface area contributed by atoms with Crippen molar-refractivity contribution in [1.29, 1.82) is 0 Å². The number of hydrogen-bond acceptors (Lipinski definition) is 2. The van der Waals surface area contributed by atoms with Crippen LogP contribution in [-0.4, -0.2) is 35.3 Å². The van der Waals surface area contributed by atoms with Gasteiger partial charge in [-0.25, -0.2) is 0 Å². The predicted octanol–water partition coefficient (Wildman–Crippen LogP) is 0.912. The molecule has 1 aliphatic heterocycles. The summed E-state index contributed by atoms with van der Waals surface area (Å²) in [7, 11) is 0. The molecule has 4 aliphatic rings. The first-order chi connectivity index (χ1) is 8.74. The maximum Gasteiger partial charge on any atom is 0.243 e. The van der Waals surface area contributed by atoms with Gasteiger partial charge in [0.25, 0.3) is 0 Å². The van der Waals surface area contributed by atoms with Crippen LogP contribution in [-0.2, 0) is 9.59 Å². The van der Waals surface area contributed by atoms with Crippen LogP contribution in [0.5, 0.6) is 0 Å². The van der Waals surface area contributed by atoms with E-state index >= 15 is 0 Å². The van der Waals surface area contributed by atoms with Gasteiger partial charge in [-0.2, -0.15) is 0 Å². The lowest BCUT2D eigenvalue weighted by Gasteiger charge is -2.42. The van der Waals surface area contributed by atoms with Crippen molar-refractivity contribution in [2.45, 2.75) is 50.6 Å². The van der Waals surface area contributed by atoms with Gasteiger partial charge in [0.2, 0.25) is 11.8 Å². The standard InChI is InChI=1S/C14H20N2O2/c17-12-7-15-14(18)13(9-3-4-9)16(12)11-6-8-1-2-10(11)5-8/h8-11,13H,1-7H2,(H,15,18). The van der Waals surface area contributed by atoms with Gasteiger partial charge in [-0.05, 0) is 49.9 Å². The average Bonchev–Trinajstić information content (AvgIpc) is 2.98. The number of fused-ring (bicyclic) bond motifs is 2. The maximum absolute atomic E-state index is 12.3. The molecule has 2 bridgehead atoms. The monoisotopic (exact) mass is 248 g/mol. The molecule has 0 radical (unpaired) electrons. The summed E-state index contributed by atoms with van der Waals surface area (Å²) < 4.78 is 0. The van der Waals surface area contributed by atoms with Crippen molar-refractivity contribution >= 4 is 11.8 Å². The molecule has 3 aliphatic carbocycles. The summed E-state index contributed by atoms with van der Waals surface area (Å²) in [4.78, 5) is 26.3. The molecule has 4 fully saturated rings. The molecule has 4 heteroatoms. The molecule has 2 amide bonds. The first kappa shape index (κ1) is 10.8. The number of hydrogen-bond donors (Lipinski definition) is 1. The van der Waals surface area contributed by atoms with Gasteiger partial charge in [-0.15, -0.1) is 0 Å². The smallest absolute Gasteiger partial charge is 0.243 e. The molecule has 4 atom stereocenters. The summed E-state index contributed by atoms with van der Waals surface area (Å²) in [5, 5.41) is 2.77. The van der Waals surface area contributed by atoms with Gasteiger partial charge in [0.1, 0.15) is 6.04 Å². The van der Waals surface area contributed by atoms with E-state index in [4.69, 9.17) is 0 Å². The van der Waals surface area contributed by atoms with E-state index in [1.807, 2.05) is 4.90 Å². The van der Waals surface area contributed by atoms with Crippen molar-refractivity contribution in [3.63, 3.8) is 0 Å². The van der Waals surface area contributed by atoms with Crippen molar-refractivity contribution in [2.75, 3.05) is 6.54 Å². The van der Waals surface area contributed by atoms with Crippen LogP contribution in [0.3, 0.4) is 0 Å². The Labute approximate surface area is 107 Å². The Morgan fingerprint density at radius 2 is 1.78 bits per heavy atom. The highest BCUT2D eigenvalue weighted by molar-refractivity contribution is 5.95. The molecular formula is C14H20N2O2. The van der Waals surface area contributed by atoms with Crippen LogP contribution in [0.25, 0.3) is 0 Å². The maximum atomic E-state index is 12.3. The van der Waals surface area contributed by atoms with Crippen molar-refractivity contribution in [2.24, 2.45) is 17.8 Å². The second-order valence-corrected chi connectivity index (χ2v) is 6.54.